The fourth-order valence-electron chi connectivity index (χ4n) is 4.04. The average molecular weight is 429 g/mol. The summed E-state index contributed by atoms with van der Waals surface area (Å²) in [6.07, 6.45) is 1.43. The van der Waals surface area contributed by atoms with Crippen molar-refractivity contribution in [1.82, 2.24) is 19.8 Å². The number of aromatic nitrogens is 2. The van der Waals surface area contributed by atoms with Crippen molar-refractivity contribution < 1.29 is 19.0 Å². The molecule has 31 heavy (non-hydrogen) atoms. The molecule has 3 heterocycles. The van der Waals surface area contributed by atoms with Gasteiger partial charge < -0.3 is 24.1 Å². The molecule has 1 amide bonds. The van der Waals surface area contributed by atoms with Gasteiger partial charge in [-0.15, -0.1) is 0 Å². The summed E-state index contributed by atoms with van der Waals surface area (Å²) in [5.41, 5.74) is 2.00. The van der Waals surface area contributed by atoms with Gasteiger partial charge in [-0.1, -0.05) is 19.9 Å². The summed E-state index contributed by atoms with van der Waals surface area (Å²) >= 11 is 0. The number of carbonyl (C=O) groups is 1. The molecule has 8 nitrogen and oxygen atoms in total. The van der Waals surface area contributed by atoms with Gasteiger partial charge in [0.05, 0.1) is 18.8 Å². The highest BCUT2D eigenvalue weighted by atomic mass is 16.6. The first-order valence-electron chi connectivity index (χ1n) is 11.0. The molecule has 0 spiro atoms. The van der Waals surface area contributed by atoms with Crippen molar-refractivity contribution in [3.05, 3.63) is 41.5 Å². The Morgan fingerprint density at radius 3 is 2.81 bits per heavy atom. The molecular formula is C23H32N4O4. The van der Waals surface area contributed by atoms with Crippen LogP contribution in [0.4, 0.5) is 0 Å². The third kappa shape index (κ3) is 5.57. The molecule has 4 rings (SSSR count). The molecule has 1 unspecified atom stereocenters. The van der Waals surface area contributed by atoms with Crippen LogP contribution in [0.25, 0.3) is 0 Å². The second kappa shape index (κ2) is 9.70. The molecule has 1 aromatic heterocycles. The molecule has 1 N–H and O–H groups in total. The van der Waals surface area contributed by atoms with E-state index in [-0.39, 0.29) is 5.91 Å². The van der Waals surface area contributed by atoms with E-state index in [0.29, 0.717) is 51.9 Å². The van der Waals surface area contributed by atoms with Crippen molar-refractivity contribution >= 4 is 5.91 Å². The van der Waals surface area contributed by atoms with Crippen LogP contribution in [-0.2, 0) is 22.6 Å². The van der Waals surface area contributed by atoms with Crippen LogP contribution in [0.15, 0.2) is 24.4 Å². The van der Waals surface area contributed by atoms with Crippen LogP contribution in [0.1, 0.15) is 30.9 Å². The Balaban J connectivity index is 1.43. The van der Waals surface area contributed by atoms with Gasteiger partial charge in [-0.05, 0) is 30.5 Å². The predicted octanol–water partition coefficient (Wildman–Crippen LogP) is 2.37. The number of nitrogens with zero attached hydrogens (tertiary/aromatic N) is 3. The summed E-state index contributed by atoms with van der Waals surface area (Å²) in [4.78, 5) is 25.2. The fourth-order valence-corrected chi connectivity index (χ4v) is 4.04. The van der Waals surface area contributed by atoms with E-state index >= 15 is 0 Å². The van der Waals surface area contributed by atoms with Gasteiger partial charge in [0.2, 0.25) is 0 Å². The molecule has 2 aromatic rings. The minimum atomic E-state index is -0.472. The van der Waals surface area contributed by atoms with Crippen molar-refractivity contribution in [3.63, 3.8) is 0 Å². The number of nitrogens with one attached hydrogen (secondary N) is 1. The Kier molecular flexibility index (Phi) is 6.77. The standard InChI is InChI=1S/C23H32N4O4/c1-16(2)12-27(13-18-4-5-19-20(10-18)31-9-8-30-19)23(28)21-14-26(6-7-29-21)15-22-24-11-17(3)25-22/h4-5,10-11,16,21H,6-9,12-15H2,1-3H3,(H,24,25). The van der Waals surface area contributed by atoms with E-state index in [1.807, 2.05) is 36.2 Å². The van der Waals surface area contributed by atoms with Gasteiger partial charge in [0, 0.05) is 32.4 Å². The molecular weight excluding hydrogens is 396 g/mol. The van der Waals surface area contributed by atoms with Gasteiger partial charge in [0.25, 0.3) is 5.91 Å². The maximum Gasteiger partial charge on any atom is 0.253 e. The maximum absolute atomic E-state index is 13.4. The van der Waals surface area contributed by atoms with Crippen LogP contribution in [0.5, 0.6) is 11.5 Å². The Morgan fingerprint density at radius 2 is 2.06 bits per heavy atom. The van der Waals surface area contributed by atoms with E-state index in [2.05, 4.69) is 28.7 Å². The molecule has 2 aliphatic heterocycles. The predicted molar refractivity (Wildman–Crippen MR) is 116 cm³/mol. The van der Waals surface area contributed by atoms with Gasteiger partial charge in [-0.25, -0.2) is 4.98 Å². The van der Waals surface area contributed by atoms with Gasteiger partial charge in [0.1, 0.15) is 25.1 Å². The van der Waals surface area contributed by atoms with Crippen molar-refractivity contribution in [2.45, 2.75) is 40.0 Å². The van der Waals surface area contributed by atoms with Crippen LogP contribution in [0, 0.1) is 12.8 Å². The molecule has 0 saturated carbocycles. The van der Waals surface area contributed by atoms with Gasteiger partial charge in [0.15, 0.2) is 11.5 Å². The number of hydrogen-bond acceptors (Lipinski definition) is 6. The van der Waals surface area contributed by atoms with Crippen LogP contribution in [-0.4, -0.2) is 71.2 Å². The quantitative estimate of drug-likeness (QED) is 0.729. The monoisotopic (exact) mass is 428 g/mol. The van der Waals surface area contributed by atoms with E-state index in [9.17, 15) is 4.79 Å². The Morgan fingerprint density at radius 1 is 1.26 bits per heavy atom. The van der Waals surface area contributed by atoms with E-state index in [1.165, 1.54) is 0 Å². The smallest absolute Gasteiger partial charge is 0.253 e. The largest absolute Gasteiger partial charge is 0.486 e. The number of fused-ring (bicyclic) bond motifs is 1. The number of H-pyrrole nitrogens is 1. The lowest BCUT2D eigenvalue weighted by Gasteiger charge is -2.35. The summed E-state index contributed by atoms with van der Waals surface area (Å²) in [5, 5.41) is 0. The first-order chi connectivity index (χ1) is 15.0. The first-order valence-corrected chi connectivity index (χ1v) is 11.0. The Hall–Kier alpha value is -2.58. The molecule has 1 saturated heterocycles. The zero-order valence-electron chi connectivity index (χ0n) is 18.6. The summed E-state index contributed by atoms with van der Waals surface area (Å²) in [6, 6.07) is 5.90. The third-order valence-electron chi connectivity index (χ3n) is 5.44. The molecule has 0 bridgehead atoms. The second-order valence-corrected chi connectivity index (χ2v) is 8.67. The number of hydrogen-bond donors (Lipinski definition) is 1. The van der Waals surface area contributed by atoms with Crippen LogP contribution < -0.4 is 9.47 Å². The van der Waals surface area contributed by atoms with Crippen LogP contribution in [0.3, 0.4) is 0 Å². The fraction of sp³-hybridized carbons (Fsp3) is 0.565. The zero-order chi connectivity index (χ0) is 21.8. The van der Waals surface area contributed by atoms with Crippen LogP contribution >= 0.6 is 0 Å². The number of rotatable bonds is 7. The number of morpholine rings is 1. The van der Waals surface area contributed by atoms with E-state index in [1.54, 1.807) is 0 Å². The Labute approximate surface area is 183 Å². The zero-order valence-corrected chi connectivity index (χ0v) is 18.6. The normalized spacial score (nSPS) is 18.9. The molecule has 1 atom stereocenters. The molecule has 1 fully saturated rings. The lowest BCUT2D eigenvalue weighted by Crippen LogP contribution is -2.51. The lowest BCUT2D eigenvalue weighted by molar-refractivity contribution is -0.151. The number of ether oxygens (including phenoxy) is 3. The topological polar surface area (TPSA) is 79.9 Å². The molecule has 168 valence electrons. The second-order valence-electron chi connectivity index (χ2n) is 8.67. The maximum atomic E-state index is 13.4. The molecule has 0 aliphatic carbocycles. The number of aryl methyl sites for hydroxylation is 1. The molecule has 0 radical (unpaired) electrons. The van der Waals surface area contributed by atoms with Gasteiger partial charge >= 0.3 is 0 Å². The highest BCUT2D eigenvalue weighted by Crippen LogP contribution is 2.31. The van der Waals surface area contributed by atoms with E-state index < -0.39 is 6.10 Å². The molecule has 8 heteroatoms. The van der Waals surface area contributed by atoms with Crippen LogP contribution in [0.2, 0.25) is 0 Å². The van der Waals surface area contributed by atoms with Crippen molar-refractivity contribution in [2.75, 3.05) is 39.5 Å². The average Bonchev–Trinajstić information content (AvgIpc) is 3.17. The van der Waals surface area contributed by atoms with E-state index in [0.717, 1.165) is 35.1 Å². The lowest BCUT2D eigenvalue weighted by atomic mass is 10.1. The van der Waals surface area contributed by atoms with Crippen molar-refractivity contribution in [2.24, 2.45) is 5.92 Å². The number of carbonyl (C=O) groups excluding carboxylic acids is 1. The molecule has 1 aromatic carbocycles. The van der Waals surface area contributed by atoms with Gasteiger partial charge in [-0.2, -0.15) is 0 Å². The summed E-state index contributed by atoms with van der Waals surface area (Å²) < 4.78 is 17.2. The third-order valence-corrected chi connectivity index (χ3v) is 5.44. The summed E-state index contributed by atoms with van der Waals surface area (Å²) in [7, 11) is 0. The number of benzene rings is 1. The number of imidazole rings is 1. The SMILES string of the molecule is Cc1c[nH]c(CN2CCOC(C(=O)N(Cc3ccc4c(c3)OCCO4)CC(C)C)C2)n1. The Bertz CT molecular complexity index is 897. The number of aromatic amines is 1. The van der Waals surface area contributed by atoms with E-state index in [4.69, 9.17) is 14.2 Å². The number of amides is 1. The summed E-state index contributed by atoms with van der Waals surface area (Å²) in [5.74, 6) is 2.81. The first kappa shape index (κ1) is 21.6. The highest BCUT2D eigenvalue weighted by Gasteiger charge is 2.31. The summed E-state index contributed by atoms with van der Waals surface area (Å²) in [6.45, 7) is 11.1. The highest BCUT2D eigenvalue weighted by molar-refractivity contribution is 5.81. The van der Waals surface area contributed by atoms with Crippen molar-refractivity contribution in [1.29, 1.82) is 0 Å². The minimum absolute atomic E-state index is 0.0314. The minimum Gasteiger partial charge on any atom is -0.486 e. The van der Waals surface area contributed by atoms with Gasteiger partial charge in [-0.3, -0.25) is 9.69 Å². The molecule has 2 aliphatic rings. The van der Waals surface area contributed by atoms with Crippen molar-refractivity contribution in [3.8, 4) is 11.5 Å².